The van der Waals surface area contributed by atoms with Crippen LogP contribution in [0.15, 0.2) is 185 Å². The van der Waals surface area contributed by atoms with Gasteiger partial charge in [-0.3, -0.25) is 0 Å². The number of rotatable bonds is 5. The summed E-state index contributed by atoms with van der Waals surface area (Å²) in [5, 5.41) is 6.89. The topological polar surface area (TPSA) is 29.5 Å². The molecule has 0 unspecified atom stereocenters. The zero-order valence-electron chi connectivity index (χ0n) is 26.5. The maximum atomic E-state index is 6.57. The molecule has 0 aliphatic carbocycles. The van der Waals surface area contributed by atoms with E-state index in [1.165, 1.54) is 27.5 Å². The molecule has 0 spiro atoms. The molecule has 0 amide bonds. The molecule has 0 saturated heterocycles. The normalized spacial score (nSPS) is 11.7. The van der Waals surface area contributed by atoms with Crippen molar-refractivity contribution >= 4 is 71.7 Å². The van der Waals surface area contributed by atoms with Crippen LogP contribution in [0.1, 0.15) is 0 Å². The predicted octanol–water partition coefficient (Wildman–Crippen LogP) is 13.4. The molecule has 0 aliphatic heterocycles. The second-order valence-corrected chi connectivity index (χ2v) is 12.5. The van der Waals surface area contributed by atoms with Crippen LogP contribution in [0.25, 0.3) is 76.9 Å². The van der Waals surface area contributed by atoms with E-state index in [-0.39, 0.29) is 0 Å². The fourth-order valence-electron chi connectivity index (χ4n) is 7.34. The van der Waals surface area contributed by atoms with Gasteiger partial charge in [0.1, 0.15) is 16.7 Å². The highest BCUT2D eigenvalue weighted by molar-refractivity contribution is 6.11. The van der Waals surface area contributed by atoms with Crippen LogP contribution in [0.2, 0.25) is 0 Å². The molecule has 0 atom stereocenters. The van der Waals surface area contributed by atoms with Crippen LogP contribution >= 0.6 is 0 Å². The van der Waals surface area contributed by atoms with Gasteiger partial charge in [0.15, 0.2) is 5.58 Å². The minimum absolute atomic E-state index is 0.854. The maximum Gasteiger partial charge on any atom is 0.159 e. The summed E-state index contributed by atoms with van der Waals surface area (Å²) < 4.78 is 12.8. The summed E-state index contributed by atoms with van der Waals surface area (Å²) in [5.41, 5.74) is 11.3. The molecular weight excluding hydrogens is 599 g/mol. The number of hydrogen-bond acceptors (Lipinski definition) is 3. The number of hydrogen-bond donors (Lipinski definition) is 0. The summed E-state index contributed by atoms with van der Waals surface area (Å²) in [6.07, 6.45) is 0. The van der Waals surface area contributed by atoms with Gasteiger partial charge in [-0.2, -0.15) is 0 Å². The molecule has 0 bridgehead atoms. The average molecular weight is 628 g/mol. The van der Waals surface area contributed by atoms with E-state index in [1.54, 1.807) is 0 Å². The minimum atomic E-state index is 0.854. The van der Waals surface area contributed by atoms with Crippen molar-refractivity contribution in [2.45, 2.75) is 0 Å². The quantitative estimate of drug-likeness (QED) is 0.190. The lowest BCUT2D eigenvalue weighted by atomic mass is 9.95. The molecule has 3 nitrogen and oxygen atoms in total. The van der Waals surface area contributed by atoms with Crippen LogP contribution in [-0.2, 0) is 0 Å². The Morgan fingerprint density at radius 1 is 0.347 bits per heavy atom. The molecule has 2 aromatic heterocycles. The Hall–Kier alpha value is -6.58. The van der Waals surface area contributed by atoms with Crippen LogP contribution in [0.4, 0.5) is 17.1 Å². The minimum Gasteiger partial charge on any atom is -0.456 e. The Morgan fingerprint density at radius 3 is 1.82 bits per heavy atom. The number of furan rings is 2. The van der Waals surface area contributed by atoms with Gasteiger partial charge in [-0.1, -0.05) is 121 Å². The van der Waals surface area contributed by atoms with Gasteiger partial charge in [-0.05, 0) is 87.6 Å². The van der Waals surface area contributed by atoms with Crippen molar-refractivity contribution in [2.75, 3.05) is 4.90 Å². The monoisotopic (exact) mass is 627 g/mol. The summed E-state index contributed by atoms with van der Waals surface area (Å²) in [6, 6.07) is 62.1. The van der Waals surface area contributed by atoms with Crippen molar-refractivity contribution < 1.29 is 8.83 Å². The summed E-state index contributed by atoms with van der Waals surface area (Å²) >= 11 is 0. The van der Waals surface area contributed by atoms with Crippen molar-refractivity contribution in [3.63, 3.8) is 0 Å². The van der Waals surface area contributed by atoms with Crippen LogP contribution in [-0.4, -0.2) is 0 Å². The highest BCUT2D eigenvalue weighted by atomic mass is 16.3. The van der Waals surface area contributed by atoms with E-state index in [0.717, 1.165) is 66.5 Å². The highest BCUT2D eigenvalue weighted by Gasteiger charge is 2.20. The predicted molar refractivity (Wildman–Crippen MR) is 204 cm³/mol. The Balaban J connectivity index is 1.12. The van der Waals surface area contributed by atoms with Crippen molar-refractivity contribution in [3.8, 4) is 22.3 Å². The van der Waals surface area contributed by atoms with E-state index < -0.39 is 0 Å². The van der Waals surface area contributed by atoms with Crippen LogP contribution < -0.4 is 4.90 Å². The molecule has 8 aromatic carbocycles. The molecule has 0 N–H and O–H groups in total. The van der Waals surface area contributed by atoms with Gasteiger partial charge in [-0.25, -0.2) is 0 Å². The molecule has 0 aliphatic rings. The third-order valence-corrected chi connectivity index (χ3v) is 9.66. The Labute approximate surface area is 282 Å². The molecular formula is C46H29NO2. The van der Waals surface area contributed by atoms with E-state index in [1.807, 2.05) is 24.3 Å². The standard InChI is InChI=1S/C46H29NO2/c1-2-14-36-31(10-1)11-8-17-37(36)33-13-7-12-32(28-33)30-22-24-34(25-23-30)47(35-26-27-45-41(29-35)39-16-4-5-20-43(39)48-45)42-19-9-18-40-38-15-3-6-21-44(38)49-46(40)42/h1-29H. The van der Waals surface area contributed by atoms with Crippen LogP contribution in [0.3, 0.4) is 0 Å². The molecule has 10 aromatic rings. The number of anilines is 3. The smallest absolute Gasteiger partial charge is 0.159 e. The fraction of sp³-hybridized carbons (Fsp3) is 0. The maximum absolute atomic E-state index is 6.57. The number of nitrogens with zero attached hydrogens (tertiary/aromatic N) is 1. The SMILES string of the molecule is c1cc(-c2ccc(N(c3ccc4oc5ccccc5c4c3)c3cccc4c3oc3ccccc34)cc2)cc(-c2cccc3ccccc23)c1. The zero-order valence-corrected chi connectivity index (χ0v) is 26.5. The van der Waals surface area contributed by atoms with E-state index >= 15 is 0 Å². The first-order valence-electron chi connectivity index (χ1n) is 16.6. The van der Waals surface area contributed by atoms with Crippen molar-refractivity contribution in [1.82, 2.24) is 0 Å². The van der Waals surface area contributed by atoms with Crippen LogP contribution in [0.5, 0.6) is 0 Å². The van der Waals surface area contributed by atoms with E-state index in [0.29, 0.717) is 0 Å². The van der Waals surface area contributed by atoms with E-state index in [2.05, 4.69) is 157 Å². The van der Waals surface area contributed by atoms with Gasteiger partial charge in [0, 0.05) is 32.9 Å². The molecule has 0 saturated carbocycles. The first-order valence-corrected chi connectivity index (χ1v) is 16.6. The molecule has 49 heavy (non-hydrogen) atoms. The zero-order chi connectivity index (χ0) is 32.3. The molecule has 0 fully saturated rings. The van der Waals surface area contributed by atoms with Gasteiger partial charge in [0.25, 0.3) is 0 Å². The van der Waals surface area contributed by atoms with Crippen molar-refractivity contribution in [1.29, 1.82) is 0 Å². The van der Waals surface area contributed by atoms with Gasteiger partial charge < -0.3 is 13.7 Å². The summed E-state index contributed by atoms with van der Waals surface area (Å²) in [5.74, 6) is 0. The van der Waals surface area contributed by atoms with Gasteiger partial charge in [-0.15, -0.1) is 0 Å². The van der Waals surface area contributed by atoms with E-state index in [4.69, 9.17) is 8.83 Å². The molecule has 0 radical (unpaired) electrons. The second kappa shape index (κ2) is 11.0. The Morgan fingerprint density at radius 2 is 0.959 bits per heavy atom. The summed E-state index contributed by atoms with van der Waals surface area (Å²) in [7, 11) is 0. The Kier molecular flexibility index (Phi) is 6.18. The lowest BCUT2D eigenvalue weighted by Gasteiger charge is -2.26. The van der Waals surface area contributed by atoms with Gasteiger partial charge in [0.05, 0.1) is 5.69 Å². The third kappa shape index (κ3) is 4.51. The van der Waals surface area contributed by atoms with E-state index in [9.17, 15) is 0 Å². The van der Waals surface area contributed by atoms with Crippen LogP contribution in [0, 0.1) is 0 Å². The van der Waals surface area contributed by atoms with Crippen molar-refractivity contribution in [2.24, 2.45) is 0 Å². The second-order valence-electron chi connectivity index (χ2n) is 12.5. The lowest BCUT2D eigenvalue weighted by molar-refractivity contribution is 0.669. The average Bonchev–Trinajstić information content (AvgIpc) is 3.74. The van der Waals surface area contributed by atoms with Gasteiger partial charge in [0.2, 0.25) is 0 Å². The van der Waals surface area contributed by atoms with Crippen molar-refractivity contribution in [3.05, 3.63) is 176 Å². The number of fused-ring (bicyclic) bond motifs is 7. The lowest BCUT2D eigenvalue weighted by Crippen LogP contribution is -2.10. The molecule has 230 valence electrons. The first-order chi connectivity index (χ1) is 24.3. The number of benzene rings is 8. The summed E-state index contributed by atoms with van der Waals surface area (Å²) in [6.45, 7) is 0. The molecule has 2 heterocycles. The molecule has 3 heteroatoms. The third-order valence-electron chi connectivity index (χ3n) is 9.66. The van der Waals surface area contributed by atoms with Gasteiger partial charge >= 0.3 is 0 Å². The fourth-order valence-corrected chi connectivity index (χ4v) is 7.34. The highest BCUT2D eigenvalue weighted by Crippen LogP contribution is 2.44. The Bertz CT molecular complexity index is 2830. The largest absolute Gasteiger partial charge is 0.456 e. The number of para-hydroxylation sites is 3. The summed E-state index contributed by atoms with van der Waals surface area (Å²) in [4.78, 5) is 2.29. The first kappa shape index (κ1) is 27.5. The molecule has 10 rings (SSSR count).